The summed E-state index contributed by atoms with van der Waals surface area (Å²) in [7, 11) is 0. The van der Waals surface area contributed by atoms with Crippen molar-refractivity contribution >= 4 is 16.8 Å². The van der Waals surface area contributed by atoms with E-state index in [4.69, 9.17) is 5.73 Å². The van der Waals surface area contributed by atoms with Crippen LogP contribution < -0.4 is 16.6 Å². The maximum Gasteiger partial charge on any atom is 0.277 e. The highest BCUT2D eigenvalue weighted by Gasteiger charge is 2.28. The van der Waals surface area contributed by atoms with Crippen molar-refractivity contribution in [3.8, 4) is 0 Å². The topological polar surface area (TPSA) is 103 Å². The Bertz CT molecular complexity index is 738. The van der Waals surface area contributed by atoms with Crippen molar-refractivity contribution in [3.63, 3.8) is 0 Å². The van der Waals surface area contributed by atoms with Gasteiger partial charge in [-0.1, -0.05) is 17.3 Å². The summed E-state index contributed by atoms with van der Waals surface area (Å²) in [5.41, 5.74) is 6.26. The van der Waals surface area contributed by atoms with Gasteiger partial charge in [-0.25, -0.2) is 4.68 Å². The quantitative estimate of drug-likeness (QED) is 0.784. The zero-order chi connectivity index (χ0) is 15.5. The van der Waals surface area contributed by atoms with Gasteiger partial charge in [0.2, 0.25) is 5.91 Å². The van der Waals surface area contributed by atoms with Crippen LogP contribution in [0.3, 0.4) is 0 Å². The van der Waals surface area contributed by atoms with Crippen molar-refractivity contribution in [2.45, 2.75) is 31.8 Å². The van der Waals surface area contributed by atoms with Crippen molar-refractivity contribution in [2.75, 3.05) is 6.54 Å². The summed E-state index contributed by atoms with van der Waals surface area (Å²) < 4.78 is 1.22. The van der Waals surface area contributed by atoms with Gasteiger partial charge in [-0.15, -0.1) is 5.10 Å². The Morgan fingerprint density at radius 2 is 2.18 bits per heavy atom. The highest BCUT2D eigenvalue weighted by Crippen LogP contribution is 2.31. The van der Waals surface area contributed by atoms with Gasteiger partial charge in [0.05, 0.1) is 11.9 Å². The number of hydrogen-bond acceptors (Lipinski definition) is 5. The van der Waals surface area contributed by atoms with Crippen molar-refractivity contribution in [3.05, 3.63) is 34.6 Å². The summed E-state index contributed by atoms with van der Waals surface area (Å²) in [6.45, 7) is 0.697. The molecular formula is C15H19N5O2. The normalized spacial score (nSPS) is 15.7. The van der Waals surface area contributed by atoms with Gasteiger partial charge in [0, 0.05) is 19.0 Å². The third-order valence-electron chi connectivity index (χ3n) is 3.94. The number of fused-ring (bicyclic) bond motifs is 1. The molecule has 0 saturated heterocycles. The Kier molecular flexibility index (Phi) is 4.15. The number of nitrogens with zero attached hydrogens (tertiary/aromatic N) is 3. The number of carbonyl (C=O) groups excluding carboxylic acids is 1. The monoisotopic (exact) mass is 301 g/mol. The van der Waals surface area contributed by atoms with Gasteiger partial charge < -0.3 is 11.1 Å². The number of hydrogen-bond donors (Lipinski definition) is 2. The van der Waals surface area contributed by atoms with E-state index in [0.29, 0.717) is 23.4 Å². The van der Waals surface area contributed by atoms with E-state index in [1.54, 1.807) is 24.3 Å². The fourth-order valence-electron chi connectivity index (χ4n) is 2.39. The largest absolute Gasteiger partial charge is 0.354 e. The van der Waals surface area contributed by atoms with Crippen molar-refractivity contribution < 1.29 is 4.79 Å². The highest BCUT2D eigenvalue weighted by molar-refractivity contribution is 5.77. The molecule has 116 valence electrons. The molecule has 3 rings (SSSR count). The number of aryl methyl sites for hydroxylation is 1. The number of benzene rings is 1. The zero-order valence-electron chi connectivity index (χ0n) is 12.2. The molecule has 1 fully saturated rings. The number of nitrogens with two attached hydrogens (primary N) is 1. The minimum Gasteiger partial charge on any atom is -0.354 e. The molecule has 1 aromatic carbocycles. The second-order valence-corrected chi connectivity index (χ2v) is 5.69. The van der Waals surface area contributed by atoms with Crippen molar-refractivity contribution in [1.29, 1.82) is 0 Å². The summed E-state index contributed by atoms with van der Waals surface area (Å²) in [5, 5.41) is 11.2. The maximum atomic E-state index is 12.2. The Hall–Kier alpha value is -2.28. The first-order valence-electron chi connectivity index (χ1n) is 7.50. The van der Waals surface area contributed by atoms with Crippen LogP contribution in [0.2, 0.25) is 0 Å². The number of nitrogens with one attached hydrogen (secondary N) is 1. The number of aromatic nitrogens is 3. The summed E-state index contributed by atoms with van der Waals surface area (Å²) in [6.07, 6.45) is 2.49. The van der Waals surface area contributed by atoms with E-state index in [1.807, 2.05) is 0 Å². The van der Waals surface area contributed by atoms with Gasteiger partial charge in [-0.05, 0) is 30.9 Å². The zero-order valence-corrected chi connectivity index (χ0v) is 12.2. The van der Waals surface area contributed by atoms with Crippen molar-refractivity contribution in [1.82, 2.24) is 20.3 Å². The van der Waals surface area contributed by atoms with E-state index >= 15 is 0 Å². The van der Waals surface area contributed by atoms with Gasteiger partial charge in [-0.3, -0.25) is 9.59 Å². The van der Waals surface area contributed by atoms with Crippen LogP contribution in [0.15, 0.2) is 29.1 Å². The third kappa shape index (κ3) is 3.30. The minimum atomic E-state index is -0.229. The average molecular weight is 301 g/mol. The summed E-state index contributed by atoms with van der Waals surface area (Å²) in [4.78, 5) is 24.0. The molecule has 1 aliphatic rings. The Balaban J connectivity index is 1.57. The van der Waals surface area contributed by atoms with Crippen LogP contribution in [-0.2, 0) is 11.3 Å². The predicted molar refractivity (Wildman–Crippen MR) is 82.1 cm³/mol. The lowest BCUT2D eigenvalue weighted by Crippen LogP contribution is -2.39. The lowest BCUT2D eigenvalue weighted by atomic mass is 10.2. The van der Waals surface area contributed by atoms with Crippen LogP contribution in [0.25, 0.3) is 10.9 Å². The first-order valence-corrected chi connectivity index (χ1v) is 7.50. The molecule has 1 aliphatic carbocycles. The summed E-state index contributed by atoms with van der Waals surface area (Å²) in [5.74, 6) is 0.423. The molecule has 2 aromatic rings. The lowest BCUT2D eigenvalue weighted by Gasteiger charge is -2.11. The smallest absolute Gasteiger partial charge is 0.277 e. The van der Waals surface area contributed by atoms with Gasteiger partial charge in [-0.2, -0.15) is 0 Å². The lowest BCUT2D eigenvalue weighted by molar-refractivity contribution is -0.121. The molecule has 1 heterocycles. The minimum absolute atomic E-state index is 0.0344. The maximum absolute atomic E-state index is 12.2. The molecule has 0 aliphatic heterocycles. The molecule has 0 radical (unpaired) electrons. The van der Waals surface area contributed by atoms with Gasteiger partial charge in [0.25, 0.3) is 5.56 Å². The molecule has 1 amide bonds. The van der Waals surface area contributed by atoms with Crippen LogP contribution in [-0.4, -0.2) is 33.5 Å². The van der Waals surface area contributed by atoms with Gasteiger partial charge in [0.1, 0.15) is 5.52 Å². The summed E-state index contributed by atoms with van der Waals surface area (Å²) in [6, 6.07) is 7.06. The SMILES string of the molecule is NC(CNC(=O)CCn1nnc2ccccc2c1=O)C1CC1. The van der Waals surface area contributed by atoms with Crippen LogP contribution in [0.1, 0.15) is 19.3 Å². The molecular weight excluding hydrogens is 282 g/mol. The molecule has 1 aromatic heterocycles. The molecule has 3 N–H and O–H groups in total. The second-order valence-electron chi connectivity index (χ2n) is 5.69. The standard InChI is InChI=1S/C15H19N5O2/c16-12(10-5-6-10)9-17-14(21)7-8-20-15(22)11-3-1-2-4-13(11)18-19-20/h1-4,10,12H,5-9,16H2,(H,17,21). The molecule has 1 unspecified atom stereocenters. The van der Waals surface area contributed by atoms with E-state index in [-0.39, 0.29) is 30.5 Å². The van der Waals surface area contributed by atoms with Gasteiger partial charge >= 0.3 is 0 Å². The Labute approximate surface area is 127 Å². The van der Waals surface area contributed by atoms with Crippen LogP contribution in [0.5, 0.6) is 0 Å². The Morgan fingerprint density at radius 1 is 1.41 bits per heavy atom. The average Bonchev–Trinajstić information content (AvgIpc) is 3.37. The fraction of sp³-hybridized carbons (Fsp3) is 0.467. The first-order chi connectivity index (χ1) is 10.6. The molecule has 0 spiro atoms. The summed E-state index contributed by atoms with van der Waals surface area (Å²) >= 11 is 0. The van der Waals surface area contributed by atoms with Crippen LogP contribution >= 0.6 is 0 Å². The molecule has 1 saturated carbocycles. The fourth-order valence-corrected chi connectivity index (χ4v) is 2.39. The molecule has 0 bridgehead atoms. The number of carbonyl (C=O) groups is 1. The molecule has 7 nitrogen and oxygen atoms in total. The van der Waals surface area contributed by atoms with Gasteiger partial charge in [0.15, 0.2) is 0 Å². The number of rotatable bonds is 6. The second kappa shape index (κ2) is 6.23. The van der Waals surface area contributed by atoms with E-state index in [1.165, 1.54) is 4.68 Å². The first kappa shape index (κ1) is 14.6. The van der Waals surface area contributed by atoms with E-state index in [9.17, 15) is 9.59 Å². The third-order valence-corrected chi connectivity index (χ3v) is 3.94. The van der Waals surface area contributed by atoms with E-state index in [0.717, 1.165) is 12.8 Å². The highest BCUT2D eigenvalue weighted by atomic mass is 16.2. The van der Waals surface area contributed by atoms with Crippen LogP contribution in [0, 0.1) is 5.92 Å². The molecule has 1 atom stereocenters. The van der Waals surface area contributed by atoms with E-state index in [2.05, 4.69) is 15.6 Å². The Morgan fingerprint density at radius 3 is 2.95 bits per heavy atom. The predicted octanol–water partition coefficient (Wildman–Crippen LogP) is 0.0351. The van der Waals surface area contributed by atoms with E-state index < -0.39 is 0 Å². The molecule has 7 heteroatoms. The number of amides is 1. The molecule has 22 heavy (non-hydrogen) atoms. The van der Waals surface area contributed by atoms with Crippen LogP contribution in [0.4, 0.5) is 0 Å². The van der Waals surface area contributed by atoms with Crippen molar-refractivity contribution in [2.24, 2.45) is 11.7 Å².